The van der Waals surface area contributed by atoms with Crippen molar-refractivity contribution in [3.63, 3.8) is 0 Å². The normalized spacial score (nSPS) is 10.0. The molecule has 17 heavy (non-hydrogen) atoms. The van der Waals surface area contributed by atoms with Crippen LogP contribution >= 0.6 is 11.3 Å². The molecule has 2 heterocycles. The molecule has 0 atom stereocenters. The van der Waals surface area contributed by atoms with Crippen molar-refractivity contribution >= 4 is 17.3 Å². The van der Waals surface area contributed by atoms with E-state index in [1.807, 2.05) is 5.38 Å². The van der Waals surface area contributed by atoms with Crippen LogP contribution in [0.2, 0.25) is 0 Å². The van der Waals surface area contributed by atoms with Gasteiger partial charge in [-0.25, -0.2) is 4.98 Å². The molecule has 90 valence electrons. The van der Waals surface area contributed by atoms with Crippen LogP contribution in [-0.2, 0) is 6.54 Å². The highest BCUT2D eigenvalue weighted by atomic mass is 32.1. The van der Waals surface area contributed by atoms with Crippen LogP contribution in [0.1, 0.15) is 5.01 Å². The van der Waals surface area contributed by atoms with E-state index < -0.39 is 0 Å². The summed E-state index contributed by atoms with van der Waals surface area (Å²) < 4.78 is 9.88. The Morgan fingerprint density at radius 3 is 2.41 bits per heavy atom. The van der Waals surface area contributed by atoms with Crippen LogP contribution in [0.5, 0.6) is 12.0 Å². The van der Waals surface area contributed by atoms with Crippen molar-refractivity contribution in [2.45, 2.75) is 6.54 Å². The van der Waals surface area contributed by atoms with Gasteiger partial charge in [-0.15, -0.1) is 16.3 Å². The number of hydrogen-bond donors (Lipinski definition) is 1. The standard InChI is InChI=1S/C9H11N5O2S/c1-15-8-12-7(13-9(14-8)16-2)11-5-6-10-3-4-17-6/h3-4H,5H2,1-2H3,(H,11,12,13,14). The number of thiazole rings is 1. The zero-order chi connectivity index (χ0) is 12.1. The summed E-state index contributed by atoms with van der Waals surface area (Å²) in [5, 5.41) is 5.88. The van der Waals surface area contributed by atoms with Gasteiger partial charge in [-0.1, -0.05) is 0 Å². The van der Waals surface area contributed by atoms with Crippen LogP contribution in [0.3, 0.4) is 0 Å². The number of anilines is 1. The van der Waals surface area contributed by atoms with Gasteiger partial charge in [0.15, 0.2) is 0 Å². The highest BCUT2D eigenvalue weighted by molar-refractivity contribution is 7.09. The van der Waals surface area contributed by atoms with Gasteiger partial charge in [-0.3, -0.25) is 0 Å². The maximum atomic E-state index is 4.94. The summed E-state index contributed by atoms with van der Waals surface area (Å²) >= 11 is 1.55. The van der Waals surface area contributed by atoms with Gasteiger partial charge in [0.05, 0.1) is 20.8 Å². The van der Waals surface area contributed by atoms with Crippen molar-refractivity contribution < 1.29 is 9.47 Å². The van der Waals surface area contributed by atoms with E-state index in [4.69, 9.17) is 9.47 Å². The first kappa shape index (κ1) is 11.5. The van der Waals surface area contributed by atoms with Crippen molar-refractivity contribution in [1.82, 2.24) is 19.9 Å². The Balaban J connectivity index is 2.09. The highest BCUT2D eigenvalue weighted by Gasteiger charge is 2.06. The molecule has 2 aromatic heterocycles. The van der Waals surface area contributed by atoms with Gasteiger partial charge in [-0.05, 0) is 0 Å². The van der Waals surface area contributed by atoms with Crippen LogP contribution in [-0.4, -0.2) is 34.2 Å². The Kier molecular flexibility index (Phi) is 3.66. The Hall–Kier alpha value is -1.96. The van der Waals surface area contributed by atoms with Crippen LogP contribution in [0, 0.1) is 0 Å². The van der Waals surface area contributed by atoms with E-state index in [1.165, 1.54) is 14.2 Å². The van der Waals surface area contributed by atoms with E-state index in [2.05, 4.69) is 25.3 Å². The van der Waals surface area contributed by atoms with Crippen molar-refractivity contribution in [1.29, 1.82) is 0 Å². The van der Waals surface area contributed by atoms with Gasteiger partial charge in [0.1, 0.15) is 5.01 Å². The zero-order valence-electron chi connectivity index (χ0n) is 9.38. The maximum Gasteiger partial charge on any atom is 0.324 e. The number of nitrogens with zero attached hydrogens (tertiary/aromatic N) is 4. The third-order valence-corrected chi connectivity index (χ3v) is 2.62. The molecule has 0 bridgehead atoms. The smallest absolute Gasteiger partial charge is 0.324 e. The van der Waals surface area contributed by atoms with Crippen molar-refractivity contribution in [2.24, 2.45) is 0 Å². The van der Waals surface area contributed by atoms with Gasteiger partial charge in [-0.2, -0.15) is 9.97 Å². The molecule has 0 saturated heterocycles. The molecule has 0 aromatic carbocycles. The molecule has 0 aliphatic carbocycles. The summed E-state index contributed by atoms with van der Waals surface area (Å²) in [6, 6.07) is 0.414. The molecule has 2 rings (SSSR count). The molecule has 0 aliphatic heterocycles. The lowest BCUT2D eigenvalue weighted by atomic mass is 10.6. The van der Waals surface area contributed by atoms with E-state index in [9.17, 15) is 0 Å². The van der Waals surface area contributed by atoms with E-state index in [0.29, 0.717) is 12.5 Å². The van der Waals surface area contributed by atoms with Gasteiger partial charge in [0.2, 0.25) is 5.95 Å². The molecule has 0 fully saturated rings. The van der Waals surface area contributed by atoms with Gasteiger partial charge in [0.25, 0.3) is 0 Å². The fraction of sp³-hybridized carbons (Fsp3) is 0.333. The van der Waals surface area contributed by atoms with E-state index >= 15 is 0 Å². The number of rotatable bonds is 5. The number of nitrogens with one attached hydrogen (secondary N) is 1. The quantitative estimate of drug-likeness (QED) is 0.849. The second-order valence-corrected chi connectivity index (χ2v) is 3.89. The molecule has 8 heteroatoms. The monoisotopic (exact) mass is 253 g/mol. The second kappa shape index (κ2) is 5.39. The van der Waals surface area contributed by atoms with Gasteiger partial charge >= 0.3 is 12.0 Å². The lowest BCUT2D eigenvalue weighted by Crippen LogP contribution is -2.07. The fourth-order valence-electron chi connectivity index (χ4n) is 1.09. The van der Waals surface area contributed by atoms with Crippen LogP contribution in [0.4, 0.5) is 5.95 Å². The average Bonchev–Trinajstić information content (AvgIpc) is 2.89. The molecular weight excluding hydrogens is 242 g/mol. The van der Waals surface area contributed by atoms with E-state index in [0.717, 1.165) is 5.01 Å². The summed E-state index contributed by atoms with van der Waals surface area (Å²) in [4.78, 5) is 16.1. The summed E-state index contributed by atoms with van der Waals surface area (Å²) in [5.41, 5.74) is 0. The Morgan fingerprint density at radius 1 is 1.18 bits per heavy atom. The molecule has 0 saturated carbocycles. The molecular formula is C9H11N5O2S. The third kappa shape index (κ3) is 3.00. The SMILES string of the molecule is COc1nc(NCc2nccs2)nc(OC)n1. The molecule has 0 aliphatic rings. The largest absolute Gasteiger partial charge is 0.467 e. The first-order chi connectivity index (χ1) is 8.31. The minimum Gasteiger partial charge on any atom is -0.467 e. The highest BCUT2D eigenvalue weighted by Crippen LogP contribution is 2.13. The first-order valence-corrected chi connectivity index (χ1v) is 5.66. The van der Waals surface area contributed by atoms with Crippen molar-refractivity contribution in [3.8, 4) is 12.0 Å². The maximum absolute atomic E-state index is 4.94. The first-order valence-electron chi connectivity index (χ1n) is 4.78. The molecule has 0 amide bonds. The van der Waals surface area contributed by atoms with Gasteiger partial charge < -0.3 is 14.8 Å². The van der Waals surface area contributed by atoms with Crippen molar-refractivity contribution in [2.75, 3.05) is 19.5 Å². The van der Waals surface area contributed by atoms with E-state index in [-0.39, 0.29) is 12.0 Å². The minimum atomic E-state index is 0.207. The number of aromatic nitrogens is 4. The molecule has 1 N–H and O–H groups in total. The predicted molar refractivity (Wildman–Crippen MR) is 62.4 cm³/mol. The average molecular weight is 253 g/mol. The van der Waals surface area contributed by atoms with Crippen LogP contribution in [0.25, 0.3) is 0 Å². The Morgan fingerprint density at radius 2 is 1.88 bits per heavy atom. The lowest BCUT2D eigenvalue weighted by molar-refractivity contribution is 0.341. The molecule has 0 spiro atoms. The fourth-order valence-corrected chi connectivity index (χ4v) is 1.65. The van der Waals surface area contributed by atoms with E-state index in [1.54, 1.807) is 17.5 Å². The molecule has 0 radical (unpaired) electrons. The molecule has 7 nitrogen and oxygen atoms in total. The summed E-state index contributed by atoms with van der Waals surface area (Å²) in [7, 11) is 2.97. The van der Waals surface area contributed by atoms with Crippen LogP contribution < -0.4 is 14.8 Å². The third-order valence-electron chi connectivity index (χ3n) is 1.84. The number of methoxy groups -OCH3 is 2. The summed E-state index contributed by atoms with van der Waals surface area (Å²) in [5.74, 6) is 0.393. The van der Waals surface area contributed by atoms with Crippen molar-refractivity contribution in [3.05, 3.63) is 16.6 Å². The zero-order valence-corrected chi connectivity index (χ0v) is 10.2. The summed E-state index contributed by atoms with van der Waals surface area (Å²) in [6.07, 6.45) is 1.75. The second-order valence-electron chi connectivity index (χ2n) is 2.91. The molecule has 2 aromatic rings. The molecule has 0 unspecified atom stereocenters. The summed E-state index contributed by atoms with van der Waals surface area (Å²) in [6.45, 7) is 0.550. The topological polar surface area (TPSA) is 82.0 Å². The number of ether oxygens (including phenoxy) is 2. The van der Waals surface area contributed by atoms with Crippen LogP contribution in [0.15, 0.2) is 11.6 Å². The lowest BCUT2D eigenvalue weighted by Gasteiger charge is -2.05. The predicted octanol–water partition coefficient (Wildman–Crippen LogP) is 0.957. The number of hydrogen-bond acceptors (Lipinski definition) is 8. The Bertz CT molecular complexity index is 454. The minimum absolute atomic E-state index is 0.207. The Labute approximate surface area is 102 Å². The van der Waals surface area contributed by atoms with Gasteiger partial charge in [0, 0.05) is 11.6 Å².